The number of hydrogen-bond acceptors (Lipinski definition) is 10. The summed E-state index contributed by atoms with van der Waals surface area (Å²) in [5.74, 6) is -3.93. The monoisotopic (exact) mass is 595 g/mol. The molecule has 230 valence electrons. The van der Waals surface area contributed by atoms with E-state index in [0.717, 1.165) is 24.0 Å². The van der Waals surface area contributed by atoms with Crippen molar-refractivity contribution in [2.75, 3.05) is 39.6 Å². The summed E-state index contributed by atoms with van der Waals surface area (Å²) in [5.41, 5.74) is 1.35. The Balaban J connectivity index is 1.77. The average molecular weight is 596 g/mol. The van der Waals surface area contributed by atoms with Crippen molar-refractivity contribution in [2.45, 2.75) is 38.3 Å². The van der Waals surface area contributed by atoms with Gasteiger partial charge in [-0.25, -0.2) is 9.69 Å². The lowest BCUT2D eigenvalue weighted by Gasteiger charge is -2.29. The number of nitrogens with zero attached hydrogens (tertiary/aromatic N) is 1. The van der Waals surface area contributed by atoms with Crippen LogP contribution in [-0.4, -0.2) is 85.3 Å². The number of ether oxygens (including phenoxy) is 4. The van der Waals surface area contributed by atoms with Gasteiger partial charge >= 0.3 is 12.1 Å². The van der Waals surface area contributed by atoms with Gasteiger partial charge in [-0.15, -0.1) is 0 Å². The topological polar surface area (TPSA) is 146 Å². The Morgan fingerprint density at radius 3 is 2.26 bits per heavy atom. The first kappa shape index (κ1) is 33.3. The molecule has 0 radical (unpaired) electrons. The number of ketones is 2. The van der Waals surface area contributed by atoms with Crippen molar-refractivity contribution in [2.24, 2.45) is 5.92 Å². The van der Waals surface area contributed by atoms with Gasteiger partial charge in [-0.1, -0.05) is 60.7 Å². The third-order valence-electron chi connectivity index (χ3n) is 6.60. The smallest absolute Gasteiger partial charge is 0.417 e. The molecule has 43 heavy (non-hydrogen) atoms. The van der Waals surface area contributed by atoms with E-state index in [9.17, 15) is 24.0 Å². The maximum atomic E-state index is 14.1. The number of aliphatic hydroxyl groups excluding tert-OH is 1. The van der Waals surface area contributed by atoms with Gasteiger partial charge in [0.2, 0.25) is 5.91 Å². The van der Waals surface area contributed by atoms with Crippen LogP contribution in [0.4, 0.5) is 4.79 Å². The Hall–Kier alpha value is -4.19. The number of esters is 1. The van der Waals surface area contributed by atoms with Crippen LogP contribution < -0.4 is 0 Å². The summed E-state index contributed by atoms with van der Waals surface area (Å²) in [4.78, 5) is 65.8. The summed E-state index contributed by atoms with van der Waals surface area (Å²) in [6.45, 7) is 2.15. The summed E-state index contributed by atoms with van der Waals surface area (Å²) in [7, 11) is 0. The Morgan fingerprint density at radius 1 is 0.953 bits per heavy atom. The van der Waals surface area contributed by atoms with Crippen LogP contribution in [0.3, 0.4) is 0 Å². The zero-order valence-electron chi connectivity index (χ0n) is 24.1. The standard InChI is InChI=1S/C32H37NO10/c1-23(35)43-30(29(37)15-14-26(36)13-8-17-40-19-20-41-18-16-34)27(21-24-9-4-2-5-10-24)31(38)33-28(22-42-32(33)39)25-11-6-3-7-12-25/h2-7,9-12,14-15,27-28,30,34H,8,13,16-22H2,1H3/t27-,28+,30-/m0/s1. The molecular weight excluding hydrogens is 558 g/mol. The van der Waals surface area contributed by atoms with Gasteiger partial charge in [-0.3, -0.25) is 19.2 Å². The van der Waals surface area contributed by atoms with E-state index >= 15 is 0 Å². The van der Waals surface area contributed by atoms with E-state index < -0.39 is 41.8 Å². The molecule has 2 amide bonds. The fourth-order valence-electron chi connectivity index (χ4n) is 4.56. The molecule has 0 unspecified atom stereocenters. The van der Waals surface area contributed by atoms with Crippen molar-refractivity contribution in [3.05, 3.63) is 83.9 Å². The highest BCUT2D eigenvalue weighted by Crippen LogP contribution is 2.31. The summed E-state index contributed by atoms with van der Waals surface area (Å²) < 4.78 is 21.1. The molecular formula is C32H37NO10. The normalized spacial score (nSPS) is 16.1. The fourth-order valence-corrected chi connectivity index (χ4v) is 4.56. The quantitative estimate of drug-likeness (QED) is 0.155. The van der Waals surface area contributed by atoms with E-state index in [2.05, 4.69) is 0 Å². The molecule has 2 aromatic rings. The number of aliphatic hydroxyl groups is 1. The molecule has 0 aliphatic carbocycles. The highest BCUT2D eigenvalue weighted by Gasteiger charge is 2.46. The highest BCUT2D eigenvalue weighted by atomic mass is 16.6. The van der Waals surface area contributed by atoms with E-state index in [0.29, 0.717) is 37.4 Å². The molecule has 11 nitrogen and oxygen atoms in total. The second-order valence-corrected chi connectivity index (χ2v) is 9.79. The Labute approximate surface area is 250 Å². The maximum absolute atomic E-state index is 14.1. The van der Waals surface area contributed by atoms with Crippen molar-refractivity contribution >= 4 is 29.5 Å². The first-order valence-corrected chi connectivity index (χ1v) is 14.1. The molecule has 0 bridgehead atoms. The fraction of sp³-hybridized carbons (Fsp3) is 0.406. The number of imide groups is 1. The van der Waals surface area contributed by atoms with E-state index in [1.807, 2.05) is 0 Å². The minimum absolute atomic E-state index is 0.0181. The van der Waals surface area contributed by atoms with Crippen LogP contribution in [0.5, 0.6) is 0 Å². The molecule has 11 heteroatoms. The molecule has 0 spiro atoms. The minimum atomic E-state index is -1.60. The molecule has 0 saturated carbocycles. The number of carbonyl (C=O) groups is 5. The molecule has 1 N–H and O–H groups in total. The van der Waals surface area contributed by atoms with E-state index in [1.165, 1.54) is 0 Å². The zero-order valence-corrected chi connectivity index (χ0v) is 24.1. The van der Waals surface area contributed by atoms with Crippen molar-refractivity contribution < 1.29 is 48.0 Å². The summed E-state index contributed by atoms with van der Waals surface area (Å²) >= 11 is 0. The lowest BCUT2D eigenvalue weighted by Crippen LogP contribution is -2.47. The van der Waals surface area contributed by atoms with Crippen LogP contribution in [0.15, 0.2) is 72.8 Å². The van der Waals surface area contributed by atoms with Crippen molar-refractivity contribution in [3.63, 3.8) is 0 Å². The molecule has 1 aliphatic rings. The number of amides is 2. The maximum Gasteiger partial charge on any atom is 0.417 e. The van der Waals surface area contributed by atoms with Crippen LogP contribution >= 0.6 is 0 Å². The third kappa shape index (κ3) is 10.5. The average Bonchev–Trinajstić information content (AvgIpc) is 3.40. The molecule has 3 rings (SSSR count). The van der Waals surface area contributed by atoms with E-state index in [1.54, 1.807) is 60.7 Å². The number of carbonyl (C=O) groups excluding carboxylic acids is 5. The summed E-state index contributed by atoms with van der Waals surface area (Å²) in [5, 5.41) is 8.68. The van der Waals surface area contributed by atoms with Crippen molar-refractivity contribution in [1.82, 2.24) is 4.90 Å². The highest BCUT2D eigenvalue weighted by molar-refractivity contribution is 6.04. The van der Waals surface area contributed by atoms with Gasteiger partial charge in [0.1, 0.15) is 12.6 Å². The van der Waals surface area contributed by atoms with Gasteiger partial charge in [-0.05, 0) is 36.1 Å². The first-order valence-electron chi connectivity index (χ1n) is 14.1. The lowest BCUT2D eigenvalue weighted by molar-refractivity contribution is -0.158. The Bertz CT molecular complexity index is 1250. The predicted octanol–water partition coefficient (Wildman–Crippen LogP) is 3.00. The number of benzene rings is 2. The molecule has 2 aromatic carbocycles. The second-order valence-electron chi connectivity index (χ2n) is 9.79. The van der Waals surface area contributed by atoms with Crippen LogP contribution in [-0.2, 0) is 44.5 Å². The van der Waals surface area contributed by atoms with Crippen LogP contribution in [0.2, 0.25) is 0 Å². The predicted molar refractivity (Wildman–Crippen MR) is 154 cm³/mol. The lowest BCUT2D eigenvalue weighted by atomic mass is 9.89. The Morgan fingerprint density at radius 2 is 1.60 bits per heavy atom. The minimum Gasteiger partial charge on any atom is -0.453 e. The molecule has 1 heterocycles. The van der Waals surface area contributed by atoms with Gasteiger partial charge in [0, 0.05) is 20.0 Å². The SMILES string of the molecule is CC(=O)O[C@H](C(=O)C=CC(=O)CCCOCCOCCO)[C@H](Cc1ccccc1)C(=O)N1C(=O)OC[C@@H]1c1ccccc1. The molecule has 1 saturated heterocycles. The zero-order chi connectivity index (χ0) is 31.0. The van der Waals surface area contributed by atoms with Crippen LogP contribution in [0.25, 0.3) is 0 Å². The van der Waals surface area contributed by atoms with E-state index in [-0.39, 0.29) is 38.4 Å². The summed E-state index contributed by atoms with van der Waals surface area (Å²) in [6.07, 6.45) is 0.115. The summed E-state index contributed by atoms with van der Waals surface area (Å²) in [6, 6.07) is 17.0. The number of hydrogen-bond donors (Lipinski definition) is 1. The van der Waals surface area contributed by atoms with Gasteiger partial charge < -0.3 is 24.1 Å². The second kappa shape index (κ2) is 17.7. The largest absolute Gasteiger partial charge is 0.453 e. The van der Waals surface area contributed by atoms with Gasteiger partial charge in [0.15, 0.2) is 17.7 Å². The van der Waals surface area contributed by atoms with Crippen LogP contribution in [0, 0.1) is 5.92 Å². The van der Waals surface area contributed by atoms with Crippen molar-refractivity contribution in [3.8, 4) is 0 Å². The van der Waals surface area contributed by atoms with E-state index in [4.69, 9.17) is 24.1 Å². The van der Waals surface area contributed by atoms with Crippen LogP contribution in [0.1, 0.15) is 36.9 Å². The number of cyclic esters (lactones) is 1. The molecule has 1 fully saturated rings. The van der Waals surface area contributed by atoms with Gasteiger partial charge in [-0.2, -0.15) is 0 Å². The Kier molecular flexibility index (Phi) is 13.7. The first-order chi connectivity index (χ1) is 20.8. The van der Waals surface area contributed by atoms with Crippen molar-refractivity contribution in [1.29, 1.82) is 0 Å². The van der Waals surface area contributed by atoms with Gasteiger partial charge in [0.25, 0.3) is 0 Å². The molecule has 1 aliphatic heterocycles. The third-order valence-corrected chi connectivity index (χ3v) is 6.60. The van der Waals surface area contributed by atoms with Gasteiger partial charge in [0.05, 0.1) is 32.3 Å². The number of rotatable bonds is 18. The number of allylic oxidation sites excluding steroid dienone is 1. The molecule has 0 aromatic heterocycles. The molecule has 3 atom stereocenters.